The molecule has 3 aromatic rings. The molecule has 2 N–H and O–H groups in total. The van der Waals surface area contributed by atoms with Crippen molar-refractivity contribution in [1.82, 2.24) is 4.98 Å². The maximum atomic E-state index is 12.7. The van der Waals surface area contributed by atoms with Crippen molar-refractivity contribution >= 4 is 11.6 Å². The second-order valence-electron chi connectivity index (χ2n) is 7.09. The number of nitrogens with one attached hydrogen (secondary N) is 2. The fourth-order valence-electron chi connectivity index (χ4n) is 3.42. The molecule has 0 atom stereocenters. The van der Waals surface area contributed by atoms with Crippen molar-refractivity contribution in [3.05, 3.63) is 71.7 Å². The molecular weight excluding hydrogens is 354 g/mol. The second kappa shape index (κ2) is 8.37. The largest absolute Gasteiger partial charge is 0.443 e. The van der Waals surface area contributed by atoms with Gasteiger partial charge in [0.25, 0.3) is 5.91 Å². The van der Waals surface area contributed by atoms with Crippen LogP contribution in [0.15, 0.2) is 59.3 Å². The van der Waals surface area contributed by atoms with Crippen LogP contribution in [0.25, 0.3) is 11.3 Å². The Hall–Kier alpha value is -2.96. The number of morpholine rings is 1. The quantitative estimate of drug-likeness (QED) is 0.715. The highest BCUT2D eigenvalue weighted by atomic mass is 16.5. The van der Waals surface area contributed by atoms with Crippen LogP contribution in [0.4, 0.5) is 5.69 Å². The summed E-state index contributed by atoms with van der Waals surface area (Å²) >= 11 is 0. The number of quaternary nitrogens is 1. The van der Waals surface area contributed by atoms with Gasteiger partial charge in [-0.1, -0.05) is 35.9 Å². The molecule has 0 unspecified atom stereocenters. The minimum Gasteiger partial charge on any atom is -0.443 e. The number of aryl methyl sites for hydroxylation is 1. The van der Waals surface area contributed by atoms with Crippen LogP contribution in [0, 0.1) is 6.92 Å². The number of amides is 1. The molecule has 2 aromatic carbocycles. The molecule has 28 heavy (non-hydrogen) atoms. The van der Waals surface area contributed by atoms with E-state index in [2.05, 4.69) is 22.4 Å². The molecule has 0 aliphatic carbocycles. The number of carbonyl (C=O) groups excluding carboxylic acids is 1. The van der Waals surface area contributed by atoms with E-state index >= 15 is 0 Å². The first-order valence-corrected chi connectivity index (χ1v) is 9.51. The Morgan fingerprint density at radius 2 is 1.93 bits per heavy atom. The Kier molecular flexibility index (Phi) is 5.50. The lowest BCUT2D eigenvalue weighted by Crippen LogP contribution is -3.12. The van der Waals surface area contributed by atoms with Crippen LogP contribution in [-0.4, -0.2) is 37.2 Å². The summed E-state index contributed by atoms with van der Waals surface area (Å²) in [5, 5.41) is 2.91. The molecule has 1 amide bonds. The van der Waals surface area contributed by atoms with E-state index in [4.69, 9.17) is 9.15 Å². The molecule has 1 saturated heterocycles. The molecule has 1 aliphatic heterocycles. The summed E-state index contributed by atoms with van der Waals surface area (Å²) in [6.07, 6.45) is 1.31. The van der Waals surface area contributed by atoms with Gasteiger partial charge in [-0.05, 0) is 25.1 Å². The Balaban J connectivity index is 1.43. The Morgan fingerprint density at radius 1 is 1.14 bits per heavy atom. The first kappa shape index (κ1) is 18.4. The van der Waals surface area contributed by atoms with Crippen LogP contribution in [0.3, 0.4) is 0 Å². The molecule has 1 fully saturated rings. The summed E-state index contributed by atoms with van der Waals surface area (Å²) < 4.78 is 10.9. The lowest BCUT2D eigenvalue weighted by Gasteiger charge is -2.23. The first-order valence-electron chi connectivity index (χ1n) is 9.51. The SMILES string of the molecule is Cc1cccc(-c2ocnc2C(=O)Nc2ccc(C[NH+]3CCOCC3)cc2)c1. The normalized spacial score (nSPS) is 14.8. The van der Waals surface area contributed by atoms with Crippen molar-refractivity contribution in [1.29, 1.82) is 0 Å². The van der Waals surface area contributed by atoms with E-state index in [-0.39, 0.29) is 11.6 Å². The predicted octanol–water partition coefficient (Wildman–Crippen LogP) is 2.32. The maximum Gasteiger partial charge on any atom is 0.278 e. The van der Waals surface area contributed by atoms with Gasteiger partial charge in [-0.3, -0.25) is 4.79 Å². The fraction of sp³-hybridized carbons (Fsp3) is 0.273. The monoisotopic (exact) mass is 378 g/mol. The molecule has 1 aromatic heterocycles. The average molecular weight is 378 g/mol. The molecule has 4 rings (SSSR count). The molecular formula is C22H24N3O3+. The van der Waals surface area contributed by atoms with E-state index in [1.165, 1.54) is 16.9 Å². The number of hydrogen-bond donors (Lipinski definition) is 2. The maximum absolute atomic E-state index is 12.7. The van der Waals surface area contributed by atoms with Gasteiger partial charge in [-0.25, -0.2) is 4.98 Å². The van der Waals surface area contributed by atoms with Crippen LogP contribution >= 0.6 is 0 Å². The minimum absolute atomic E-state index is 0.281. The number of aromatic nitrogens is 1. The standard InChI is InChI=1S/C22H23N3O3/c1-16-3-2-4-18(13-16)21-20(23-15-28-21)22(26)24-19-7-5-17(6-8-19)14-25-9-11-27-12-10-25/h2-8,13,15H,9-12,14H2,1H3,(H,24,26)/p+1. The van der Waals surface area contributed by atoms with Crippen LogP contribution in [0.1, 0.15) is 21.6 Å². The zero-order valence-corrected chi connectivity index (χ0v) is 15.9. The molecule has 0 saturated carbocycles. The van der Waals surface area contributed by atoms with Crippen molar-refractivity contribution in [2.24, 2.45) is 0 Å². The highest BCUT2D eigenvalue weighted by molar-refractivity contribution is 6.06. The molecule has 0 spiro atoms. The van der Waals surface area contributed by atoms with Gasteiger partial charge in [-0.15, -0.1) is 0 Å². The van der Waals surface area contributed by atoms with E-state index in [0.29, 0.717) is 5.76 Å². The summed E-state index contributed by atoms with van der Waals surface area (Å²) in [5.74, 6) is 0.200. The molecule has 0 radical (unpaired) electrons. The number of oxazole rings is 1. The van der Waals surface area contributed by atoms with Crippen LogP contribution in [0.5, 0.6) is 0 Å². The van der Waals surface area contributed by atoms with Gasteiger partial charge in [-0.2, -0.15) is 0 Å². The Labute approximate surface area is 164 Å². The van der Waals surface area contributed by atoms with Gasteiger partial charge >= 0.3 is 0 Å². The van der Waals surface area contributed by atoms with E-state index < -0.39 is 0 Å². The lowest BCUT2D eigenvalue weighted by atomic mass is 10.1. The van der Waals surface area contributed by atoms with Gasteiger partial charge in [0.05, 0.1) is 13.2 Å². The summed E-state index contributed by atoms with van der Waals surface area (Å²) in [6, 6.07) is 15.8. The van der Waals surface area contributed by atoms with Gasteiger partial charge in [0, 0.05) is 16.8 Å². The van der Waals surface area contributed by atoms with Crippen molar-refractivity contribution < 1.29 is 18.8 Å². The molecule has 6 heteroatoms. The highest BCUT2D eigenvalue weighted by Gasteiger charge is 2.19. The number of ether oxygens (including phenoxy) is 1. The van der Waals surface area contributed by atoms with Crippen molar-refractivity contribution in [2.75, 3.05) is 31.6 Å². The number of hydrogen-bond acceptors (Lipinski definition) is 4. The van der Waals surface area contributed by atoms with Gasteiger partial charge < -0.3 is 19.4 Å². The third kappa shape index (κ3) is 4.30. The van der Waals surface area contributed by atoms with E-state index in [0.717, 1.165) is 49.7 Å². The first-order chi connectivity index (χ1) is 13.7. The van der Waals surface area contributed by atoms with Gasteiger partial charge in [0.1, 0.15) is 19.6 Å². The zero-order valence-electron chi connectivity index (χ0n) is 15.9. The fourth-order valence-corrected chi connectivity index (χ4v) is 3.42. The third-order valence-electron chi connectivity index (χ3n) is 4.93. The average Bonchev–Trinajstić information content (AvgIpc) is 3.20. The highest BCUT2D eigenvalue weighted by Crippen LogP contribution is 2.24. The Bertz CT molecular complexity index is 944. The molecule has 0 bridgehead atoms. The van der Waals surface area contributed by atoms with E-state index in [1.807, 2.05) is 43.3 Å². The van der Waals surface area contributed by atoms with Crippen molar-refractivity contribution in [3.63, 3.8) is 0 Å². The third-order valence-corrected chi connectivity index (χ3v) is 4.93. The number of rotatable bonds is 5. The zero-order chi connectivity index (χ0) is 19.3. The summed E-state index contributed by atoms with van der Waals surface area (Å²) in [5.41, 5.74) is 4.21. The van der Waals surface area contributed by atoms with Crippen molar-refractivity contribution in [2.45, 2.75) is 13.5 Å². The van der Waals surface area contributed by atoms with E-state index in [9.17, 15) is 4.79 Å². The molecule has 6 nitrogen and oxygen atoms in total. The number of benzene rings is 2. The van der Waals surface area contributed by atoms with E-state index in [1.54, 1.807) is 0 Å². The van der Waals surface area contributed by atoms with Gasteiger partial charge in [0.2, 0.25) is 0 Å². The van der Waals surface area contributed by atoms with Gasteiger partial charge in [0.15, 0.2) is 17.8 Å². The minimum atomic E-state index is -0.281. The predicted molar refractivity (Wildman–Crippen MR) is 106 cm³/mol. The lowest BCUT2D eigenvalue weighted by molar-refractivity contribution is -0.921. The van der Waals surface area contributed by atoms with Crippen molar-refractivity contribution in [3.8, 4) is 11.3 Å². The molecule has 1 aliphatic rings. The smallest absolute Gasteiger partial charge is 0.278 e. The summed E-state index contributed by atoms with van der Waals surface area (Å²) in [6.45, 7) is 6.69. The summed E-state index contributed by atoms with van der Waals surface area (Å²) in [7, 11) is 0. The summed E-state index contributed by atoms with van der Waals surface area (Å²) in [4.78, 5) is 18.3. The number of nitrogens with zero attached hydrogens (tertiary/aromatic N) is 1. The topological polar surface area (TPSA) is 68.8 Å². The second-order valence-corrected chi connectivity index (χ2v) is 7.09. The molecule has 144 valence electrons. The molecule has 2 heterocycles. The number of anilines is 1. The van der Waals surface area contributed by atoms with Crippen LogP contribution in [0.2, 0.25) is 0 Å². The van der Waals surface area contributed by atoms with Crippen LogP contribution in [-0.2, 0) is 11.3 Å². The Morgan fingerprint density at radius 3 is 2.68 bits per heavy atom. The number of carbonyl (C=O) groups is 1. The van der Waals surface area contributed by atoms with Crippen LogP contribution < -0.4 is 10.2 Å².